The molecule has 0 saturated carbocycles. The van der Waals surface area contributed by atoms with Gasteiger partial charge in [-0.15, -0.1) is 0 Å². The van der Waals surface area contributed by atoms with Gasteiger partial charge in [-0.25, -0.2) is 14.6 Å². The van der Waals surface area contributed by atoms with Gasteiger partial charge in [-0.05, 0) is 70.7 Å². The first-order valence-corrected chi connectivity index (χ1v) is 14.5. The van der Waals surface area contributed by atoms with E-state index in [1.165, 1.54) is 23.4 Å². The molecule has 0 fully saturated rings. The minimum absolute atomic E-state index is 0.0581. The number of nitrogens with one attached hydrogen (secondary N) is 4. The van der Waals surface area contributed by atoms with E-state index in [-0.39, 0.29) is 34.0 Å². The van der Waals surface area contributed by atoms with Crippen LogP contribution in [0.2, 0.25) is 0 Å². The minimum Gasteiger partial charge on any atom is -0.321 e. The smallest absolute Gasteiger partial charge is 0.321 e. The Kier molecular flexibility index (Phi) is 10.8. The van der Waals surface area contributed by atoms with Crippen molar-refractivity contribution in [3.8, 4) is 0 Å². The molecular weight excluding hydrogens is 556 g/mol. The monoisotopic (exact) mass is 598 g/mol. The Bertz CT molecular complexity index is 1690. The molecule has 44 heavy (non-hydrogen) atoms. The third-order valence-electron chi connectivity index (χ3n) is 6.60. The van der Waals surface area contributed by atoms with Crippen LogP contribution >= 0.6 is 0 Å². The number of H-pyrrole nitrogens is 2. The summed E-state index contributed by atoms with van der Waals surface area (Å²) in [6, 6.07) is 18.4. The number of aromatic amines is 2. The summed E-state index contributed by atoms with van der Waals surface area (Å²) in [5.41, 5.74) is 3.86. The zero-order valence-corrected chi connectivity index (χ0v) is 26.7. The van der Waals surface area contributed by atoms with Gasteiger partial charge >= 0.3 is 11.4 Å². The van der Waals surface area contributed by atoms with Crippen LogP contribution < -0.4 is 22.0 Å². The summed E-state index contributed by atoms with van der Waals surface area (Å²) in [6.07, 6.45) is 1.99. The van der Waals surface area contributed by atoms with Gasteiger partial charge in [-0.2, -0.15) is 4.98 Å². The molecule has 0 saturated heterocycles. The number of hydrogen-bond donors (Lipinski definition) is 4. The van der Waals surface area contributed by atoms with E-state index in [9.17, 15) is 19.2 Å². The van der Waals surface area contributed by atoms with Gasteiger partial charge in [0, 0.05) is 23.3 Å². The maximum atomic E-state index is 12.4. The number of nitrogens with zero attached hydrogens (tertiary/aromatic N) is 2. The number of aromatic nitrogens is 4. The van der Waals surface area contributed by atoms with Crippen LogP contribution in [0.15, 0.2) is 76.4 Å². The fourth-order valence-electron chi connectivity index (χ4n) is 4.18. The lowest BCUT2D eigenvalue weighted by Gasteiger charge is -2.19. The third kappa shape index (κ3) is 10.1. The Morgan fingerprint density at radius 3 is 1.68 bits per heavy atom. The number of benzene rings is 2. The van der Waals surface area contributed by atoms with Crippen molar-refractivity contribution in [2.75, 3.05) is 10.6 Å². The topological polar surface area (TPSA) is 150 Å². The Labute approximate surface area is 257 Å². The second kappa shape index (κ2) is 14.1. The molecule has 2 heterocycles. The van der Waals surface area contributed by atoms with Gasteiger partial charge in [0.25, 0.3) is 11.8 Å². The summed E-state index contributed by atoms with van der Waals surface area (Å²) >= 11 is 0. The summed E-state index contributed by atoms with van der Waals surface area (Å²) in [5.74, 6) is -0.369. The fraction of sp³-hybridized carbons (Fsp3) is 0.353. The molecule has 10 nitrogen and oxygen atoms in total. The number of anilines is 2. The SMILES string of the molecule is CC(C)(C)c1ccc(NC(=O)c2ccnc(=O)[nH]2)cc1.CC(C)Cc1cc(C(=O)Nc2ccc(C(C)(C)C)cc2)nc(=O)[nH]1. The van der Waals surface area contributed by atoms with Crippen molar-refractivity contribution in [1.82, 2.24) is 19.9 Å². The number of rotatable bonds is 6. The lowest BCUT2D eigenvalue weighted by Crippen LogP contribution is -2.22. The van der Waals surface area contributed by atoms with E-state index in [2.05, 4.69) is 86.0 Å². The molecule has 10 heteroatoms. The van der Waals surface area contributed by atoms with Crippen LogP contribution in [-0.2, 0) is 17.3 Å². The van der Waals surface area contributed by atoms with Crippen LogP contribution in [-0.4, -0.2) is 31.8 Å². The van der Waals surface area contributed by atoms with Crippen LogP contribution in [0.1, 0.15) is 93.2 Å². The Balaban J connectivity index is 0.000000244. The first kappa shape index (κ1) is 33.6. The maximum absolute atomic E-state index is 12.4. The van der Waals surface area contributed by atoms with Gasteiger partial charge in [0.05, 0.1) is 0 Å². The Morgan fingerprint density at radius 2 is 1.23 bits per heavy atom. The van der Waals surface area contributed by atoms with Gasteiger partial charge < -0.3 is 20.6 Å². The summed E-state index contributed by atoms with van der Waals surface area (Å²) in [7, 11) is 0. The molecule has 0 aliphatic carbocycles. The molecule has 4 rings (SSSR count). The molecule has 0 radical (unpaired) electrons. The summed E-state index contributed by atoms with van der Waals surface area (Å²) < 4.78 is 0. The zero-order valence-electron chi connectivity index (χ0n) is 26.7. The zero-order chi connectivity index (χ0) is 32.7. The molecule has 0 atom stereocenters. The van der Waals surface area contributed by atoms with Gasteiger partial charge in [-0.3, -0.25) is 9.59 Å². The van der Waals surface area contributed by atoms with E-state index < -0.39 is 11.4 Å². The minimum atomic E-state index is -0.541. The Hall–Kier alpha value is -4.86. The molecule has 4 aromatic rings. The molecular formula is C34H42N6O4. The van der Waals surface area contributed by atoms with Crippen molar-refractivity contribution in [1.29, 1.82) is 0 Å². The summed E-state index contributed by atoms with van der Waals surface area (Å²) in [4.78, 5) is 59.3. The van der Waals surface area contributed by atoms with Crippen molar-refractivity contribution in [2.24, 2.45) is 5.92 Å². The molecule has 232 valence electrons. The van der Waals surface area contributed by atoms with Crippen LogP contribution in [0, 0.1) is 5.92 Å². The number of hydrogen-bond acceptors (Lipinski definition) is 6. The molecule has 0 spiro atoms. The highest BCUT2D eigenvalue weighted by Gasteiger charge is 2.16. The molecule has 2 aromatic carbocycles. The van der Waals surface area contributed by atoms with Gasteiger partial charge in [-0.1, -0.05) is 79.7 Å². The lowest BCUT2D eigenvalue weighted by molar-refractivity contribution is 0.101. The lowest BCUT2D eigenvalue weighted by atomic mass is 9.87. The molecule has 4 N–H and O–H groups in total. The van der Waals surface area contributed by atoms with Crippen LogP contribution in [0.5, 0.6) is 0 Å². The largest absolute Gasteiger partial charge is 0.345 e. The maximum Gasteiger partial charge on any atom is 0.345 e. The van der Waals surface area contributed by atoms with E-state index in [1.54, 1.807) is 6.07 Å². The van der Waals surface area contributed by atoms with Crippen molar-refractivity contribution in [2.45, 2.75) is 72.6 Å². The van der Waals surface area contributed by atoms with Crippen molar-refractivity contribution in [3.05, 3.63) is 116 Å². The normalized spacial score (nSPS) is 11.4. The number of carbonyl (C=O) groups excluding carboxylic acids is 2. The van der Waals surface area contributed by atoms with Crippen LogP contribution in [0.25, 0.3) is 0 Å². The highest BCUT2D eigenvalue weighted by atomic mass is 16.2. The van der Waals surface area contributed by atoms with E-state index >= 15 is 0 Å². The van der Waals surface area contributed by atoms with E-state index in [1.807, 2.05) is 48.5 Å². The molecule has 0 bridgehead atoms. The van der Waals surface area contributed by atoms with Crippen molar-refractivity contribution < 1.29 is 9.59 Å². The highest BCUT2D eigenvalue weighted by molar-refractivity contribution is 6.03. The van der Waals surface area contributed by atoms with E-state index in [4.69, 9.17) is 0 Å². The average molecular weight is 599 g/mol. The second-order valence-electron chi connectivity index (χ2n) is 13.0. The summed E-state index contributed by atoms with van der Waals surface area (Å²) in [5, 5.41) is 5.52. The average Bonchev–Trinajstić information content (AvgIpc) is 2.92. The van der Waals surface area contributed by atoms with E-state index in [0.29, 0.717) is 23.7 Å². The molecule has 0 aliphatic heterocycles. The highest BCUT2D eigenvalue weighted by Crippen LogP contribution is 2.24. The first-order chi connectivity index (χ1) is 20.5. The van der Waals surface area contributed by atoms with E-state index in [0.717, 1.165) is 5.69 Å². The van der Waals surface area contributed by atoms with Crippen LogP contribution in [0.4, 0.5) is 11.4 Å². The number of carbonyl (C=O) groups is 2. The fourth-order valence-corrected chi connectivity index (χ4v) is 4.18. The standard InChI is InChI=1S/C19H25N3O2.C15H17N3O2/c1-12(2)10-15-11-16(22-18(24)21-15)17(23)20-14-8-6-13(7-9-14)19(3,4)5;1-15(2,3)10-4-6-11(7-5-10)17-13(19)12-8-9-16-14(20)18-12/h6-9,11-12H,10H2,1-5H3,(H,20,23)(H,21,22,24);4-9H,1-3H3,(H,17,19)(H,16,18,20). The molecule has 2 aromatic heterocycles. The predicted molar refractivity (Wildman–Crippen MR) is 174 cm³/mol. The van der Waals surface area contributed by atoms with Gasteiger partial charge in [0.2, 0.25) is 0 Å². The number of amides is 2. The third-order valence-corrected chi connectivity index (χ3v) is 6.60. The molecule has 0 unspecified atom stereocenters. The van der Waals surface area contributed by atoms with Crippen LogP contribution in [0.3, 0.4) is 0 Å². The van der Waals surface area contributed by atoms with Gasteiger partial charge in [0.15, 0.2) is 0 Å². The predicted octanol–water partition coefficient (Wildman–Crippen LogP) is 5.84. The first-order valence-electron chi connectivity index (χ1n) is 14.5. The molecule has 2 amide bonds. The quantitative estimate of drug-likeness (QED) is 0.219. The van der Waals surface area contributed by atoms with Crippen molar-refractivity contribution in [3.63, 3.8) is 0 Å². The van der Waals surface area contributed by atoms with Gasteiger partial charge in [0.1, 0.15) is 11.4 Å². The van der Waals surface area contributed by atoms with Crippen molar-refractivity contribution >= 4 is 23.2 Å². The molecule has 0 aliphatic rings. The Morgan fingerprint density at radius 1 is 0.727 bits per heavy atom. The summed E-state index contributed by atoms with van der Waals surface area (Å²) in [6.45, 7) is 16.9. The second-order valence-corrected chi connectivity index (χ2v) is 13.0.